The van der Waals surface area contributed by atoms with Crippen molar-refractivity contribution in [3.63, 3.8) is 0 Å². The summed E-state index contributed by atoms with van der Waals surface area (Å²) in [4.78, 5) is 36.3. The number of carbonyl (C=O) groups excluding carboxylic acids is 2. The second-order valence-electron chi connectivity index (χ2n) is 6.81. The summed E-state index contributed by atoms with van der Waals surface area (Å²) < 4.78 is 0. The van der Waals surface area contributed by atoms with Gasteiger partial charge in [-0.3, -0.25) is 9.59 Å². The summed E-state index contributed by atoms with van der Waals surface area (Å²) in [5.41, 5.74) is 8.85. The number of nitrogens with zero attached hydrogens (tertiary/aromatic N) is 4. The maximum Gasteiger partial charge on any atom is 0.260 e. The SMILES string of the molecule is CN1C(=O)c2ccccc2N(C)c2nc(Nc3ccc(CC(N)=O)cc3)ncc21. The van der Waals surface area contributed by atoms with Gasteiger partial charge in [0.2, 0.25) is 11.9 Å². The first kappa shape index (κ1) is 18.4. The third kappa shape index (κ3) is 3.47. The van der Waals surface area contributed by atoms with E-state index in [1.165, 1.54) is 0 Å². The van der Waals surface area contributed by atoms with E-state index in [0.717, 1.165) is 16.9 Å². The number of primary amides is 1. The van der Waals surface area contributed by atoms with Crippen LogP contribution < -0.4 is 20.9 Å². The quantitative estimate of drug-likeness (QED) is 0.712. The van der Waals surface area contributed by atoms with E-state index in [-0.39, 0.29) is 18.2 Å². The summed E-state index contributed by atoms with van der Waals surface area (Å²) in [5.74, 6) is 0.537. The topological polar surface area (TPSA) is 104 Å². The number of para-hydroxylation sites is 1. The normalized spacial score (nSPS) is 12.8. The number of nitrogens with one attached hydrogen (secondary N) is 1. The van der Waals surface area contributed by atoms with E-state index in [1.807, 2.05) is 54.4 Å². The van der Waals surface area contributed by atoms with Crippen molar-refractivity contribution in [2.24, 2.45) is 5.73 Å². The summed E-state index contributed by atoms with van der Waals surface area (Å²) >= 11 is 0. The summed E-state index contributed by atoms with van der Waals surface area (Å²) in [7, 11) is 3.59. The molecule has 29 heavy (non-hydrogen) atoms. The smallest absolute Gasteiger partial charge is 0.260 e. The van der Waals surface area contributed by atoms with Crippen LogP contribution in [0.2, 0.25) is 0 Å². The van der Waals surface area contributed by atoms with Gasteiger partial charge in [0.15, 0.2) is 5.82 Å². The van der Waals surface area contributed by atoms with Crippen LogP contribution in [0.5, 0.6) is 0 Å². The number of fused-ring (bicyclic) bond motifs is 2. The molecule has 2 aromatic carbocycles. The molecule has 0 unspecified atom stereocenters. The highest BCUT2D eigenvalue weighted by Crippen LogP contribution is 2.37. The molecule has 0 fully saturated rings. The van der Waals surface area contributed by atoms with Crippen LogP contribution in [-0.4, -0.2) is 35.9 Å². The number of hydrogen-bond donors (Lipinski definition) is 2. The lowest BCUT2D eigenvalue weighted by atomic mass is 10.1. The van der Waals surface area contributed by atoms with Crippen molar-refractivity contribution in [3.05, 3.63) is 65.9 Å². The van der Waals surface area contributed by atoms with E-state index in [4.69, 9.17) is 5.73 Å². The maximum atomic E-state index is 12.8. The summed E-state index contributed by atoms with van der Waals surface area (Å²) in [6, 6.07) is 14.7. The molecule has 8 heteroatoms. The monoisotopic (exact) mass is 388 g/mol. The number of amides is 2. The Morgan fingerprint density at radius 3 is 2.48 bits per heavy atom. The minimum absolute atomic E-state index is 0.111. The number of aromatic nitrogens is 2. The number of anilines is 5. The first-order chi connectivity index (χ1) is 13.9. The Kier molecular flexibility index (Phi) is 4.59. The molecular formula is C21H20N6O2. The first-order valence-corrected chi connectivity index (χ1v) is 9.06. The van der Waals surface area contributed by atoms with E-state index < -0.39 is 0 Å². The molecule has 1 aromatic heterocycles. The third-order valence-electron chi connectivity index (χ3n) is 4.82. The predicted octanol–water partition coefficient (Wildman–Crippen LogP) is 2.61. The van der Waals surface area contributed by atoms with Gasteiger partial charge in [0.25, 0.3) is 5.91 Å². The van der Waals surface area contributed by atoms with Gasteiger partial charge in [0.05, 0.1) is 23.9 Å². The lowest BCUT2D eigenvalue weighted by Crippen LogP contribution is -2.25. The van der Waals surface area contributed by atoms with Crippen LogP contribution >= 0.6 is 0 Å². The maximum absolute atomic E-state index is 12.8. The van der Waals surface area contributed by atoms with Gasteiger partial charge in [0, 0.05) is 19.8 Å². The highest BCUT2D eigenvalue weighted by molar-refractivity contribution is 6.13. The predicted molar refractivity (Wildman–Crippen MR) is 112 cm³/mol. The molecule has 3 N–H and O–H groups in total. The number of carbonyl (C=O) groups is 2. The van der Waals surface area contributed by atoms with Crippen molar-refractivity contribution < 1.29 is 9.59 Å². The molecule has 0 aliphatic carbocycles. The van der Waals surface area contributed by atoms with Crippen molar-refractivity contribution in [1.29, 1.82) is 0 Å². The average Bonchev–Trinajstić information content (AvgIpc) is 2.79. The van der Waals surface area contributed by atoms with E-state index in [9.17, 15) is 9.59 Å². The zero-order valence-corrected chi connectivity index (χ0v) is 16.1. The molecule has 0 radical (unpaired) electrons. The molecule has 2 amide bonds. The van der Waals surface area contributed by atoms with Crippen LogP contribution in [0.15, 0.2) is 54.7 Å². The van der Waals surface area contributed by atoms with Gasteiger partial charge in [-0.25, -0.2) is 4.98 Å². The fourth-order valence-corrected chi connectivity index (χ4v) is 3.30. The number of nitrogens with two attached hydrogens (primary N) is 1. The summed E-state index contributed by atoms with van der Waals surface area (Å²) in [6.07, 6.45) is 1.83. The van der Waals surface area contributed by atoms with Crippen molar-refractivity contribution in [3.8, 4) is 0 Å². The second-order valence-corrected chi connectivity index (χ2v) is 6.81. The van der Waals surface area contributed by atoms with E-state index in [1.54, 1.807) is 24.2 Å². The standard InChI is InChI=1S/C21H20N6O2/c1-26-16-6-4-3-5-15(16)20(29)27(2)17-12-23-21(25-19(17)26)24-14-9-7-13(8-10-14)11-18(22)28/h3-10,12H,11H2,1-2H3,(H2,22,28)(H,23,24,25). The molecule has 2 heterocycles. The lowest BCUT2D eigenvalue weighted by molar-refractivity contribution is -0.117. The van der Waals surface area contributed by atoms with Crippen molar-refractivity contribution in [2.45, 2.75) is 6.42 Å². The Morgan fingerprint density at radius 2 is 1.76 bits per heavy atom. The van der Waals surface area contributed by atoms with Crippen molar-refractivity contribution in [2.75, 3.05) is 29.2 Å². The highest BCUT2D eigenvalue weighted by atomic mass is 16.2. The van der Waals surface area contributed by atoms with Gasteiger partial charge >= 0.3 is 0 Å². The Morgan fingerprint density at radius 1 is 1.03 bits per heavy atom. The second kappa shape index (κ2) is 7.23. The van der Waals surface area contributed by atoms with Gasteiger partial charge in [-0.15, -0.1) is 0 Å². The lowest BCUT2D eigenvalue weighted by Gasteiger charge is -2.21. The van der Waals surface area contributed by atoms with Crippen LogP contribution in [0.25, 0.3) is 0 Å². The van der Waals surface area contributed by atoms with Crippen molar-refractivity contribution in [1.82, 2.24) is 9.97 Å². The van der Waals surface area contributed by atoms with Gasteiger partial charge in [-0.2, -0.15) is 4.98 Å². The third-order valence-corrected chi connectivity index (χ3v) is 4.82. The molecule has 4 rings (SSSR count). The molecule has 0 bridgehead atoms. The average molecular weight is 388 g/mol. The fourth-order valence-electron chi connectivity index (χ4n) is 3.30. The number of hydrogen-bond acceptors (Lipinski definition) is 6. The molecule has 146 valence electrons. The van der Waals surface area contributed by atoms with Crippen LogP contribution in [0.4, 0.5) is 28.8 Å². The largest absolute Gasteiger partial charge is 0.369 e. The van der Waals surface area contributed by atoms with E-state index >= 15 is 0 Å². The van der Waals surface area contributed by atoms with Gasteiger partial charge in [0.1, 0.15) is 5.69 Å². The Bertz CT molecular complexity index is 1100. The van der Waals surface area contributed by atoms with Crippen LogP contribution in [-0.2, 0) is 11.2 Å². The van der Waals surface area contributed by atoms with Crippen molar-refractivity contribution >= 4 is 40.6 Å². The van der Waals surface area contributed by atoms with Gasteiger partial charge < -0.3 is 20.9 Å². The Labute approximate surface area is 168 Å². The minimum atomic E-state index is -0.373. The molecular weight excluding hydrogens is 368 g/mol. The Hall–Kier alpha value is -3.94. The van der Waals surface area contributed by atoms with E-state index in [0.29, 0.717) is 23.0 Å². The molecule has 0 saturated carbocycles. The highest BCUT2D eigenvalue weighted by Gasteiger charge is 2.28. The molecule has 0 saturated heterocycles. The first-order valence-electron chi connectivity index (χ1n) is 9.06. The zero-order chi connectivity index (χ0) is 20.5. The Balaban J connectivity index is 1.67. The zero-order valence-electron chi connectivity index (χ0n) is 16.1. The van der Waals surface area contributed by atoms with Gasteiger partial charge in [-0.1, -0.05) is 24.3 Å². The summed E-state index contributed by atoms with van der Waals surface area (Å²) in [6.45, 7) is 0. The molecule has 1 aliphatic heterocycles. The van der Waals surface area contributed by atoms with E-state index in [2.05, 4.69) is 15.3 Å². The molecule has 8 nitrogen and oxygen atoms in total. The molecule has 3 aromatic rings. The minimum Gasteiger partial charge on any atom is -0.369 e. The molecule has 0 spiro atoms. The summed E-state index contributed by atoms with van der Waals surface area (Å²) in [5, 5.41) is 3.16. The van der Waals surface area contributed by atoms with Crippen LogP contribution in [0, 0.1) is 0 Å². The number of rotatable bonds is 4. The van der Waals surface area contributed by atoms with Crippen LogP contribution in [0.3, 0.4) is 0 Å². The van der Waals surface area contributed by atoms with Crippen LogP contribution in [0.1, 0.15) is 15.9 Å². The van der Waals surface area contributed by atoms with Gasteiger partial charge in [-0.05, 0) is 29.8 Å². The molecule has 0 atom stereocenters. The molecule has 1 aliphatic rings. The fraction of sp³-hybridized carbons (Fsp3) is 0.143. The number of benzene rings is 2.